The van der Waals surface area contributed by atoms with E-state index in [1.165, 1.54) is 0 Å². The maximum absolute atomic E-state index is 11.4. The predicted octanol–water partition coefficient (Wildman–Crippen LogP) is 0.335. The van der Waals surface area contributed by atoms with Gasteiger partial charge in [0, 0.05) is 6.04 Å². The van der Waals surface area contributed by atoms with Crippen LogP contribution < -0.4 is 10.6 Å². The molecule has 0 amide bonds. The Morgan fingerprint density at radius 2 is 2.14 bits per heavy atom. The van der Waals surface area contributed by atoms with E-state index in [4.69, 9.17) is 0 Å². The van der Waals surface area contributed by atoms with Crippen LogP contribution in [0.5, 0.6) is 0 Å². The predicted molar refractivity (Wildman–Crippen MR) is 53.2 cm³/mol. The summed E-state index contributed by atoms with van der Waals surface area (Å²) in [5.41, 5.74) is -0.686. The summed E-state index contributed by atoms with van der Waals surface area (Å²) >= 11 is 0. The van der Waals surface area contributed by atoms with Crippen LogP contribution in [-0.2, 0) is 4.79 Å². The van der Waals surface area contributed by atoms with Gasteiger partial charge in [0.2, 0.25) is 0 Å². The van der Waals surface area contributed by atoms with Crippen molar-refractivity contribution in [1.29, 1.82) is 0 Å². The van der Waals surface area contributed by atoms with E-state index in [0.29, 0.717) is 0 Å². The zero-order valence-electron chi connectivity index (χ0n) is 8.38. The highest BCUT2D eigenvalue weighted by atomic mass is 16.4. The Labute approximate surface area is 84.1 Å². The Morgan fingerprint density at radius 3 is 2.64 bits per heavy atom. The lowest BCUT2D eigenvalue weighted by atomic mass is 9.81. The zero-order valence-corrected chi connectivity index (χ0v) is 8.38. The zero-order chi connectivity index (χ0) is 10.0. The molecule has 0 aliphatic carbocycles. The number of hydrogen-bond acceptors (Lipinski definition) is 3. The molecular formula is C10H18N2O2. The number of carboxylic acid groups (broad SMARTS) is 1. The number of carbonyl (C=O) groups is 1. The Balaban J connectivity index is 2.15. The Kier molecular flexibility index (Phi) is 2.74. The molecule has 2 heterocycles. The lowest BCUT2D eigenvalue weighted by molar-refractivity contribution is -0.147. The van der Waals surface area contributed by atoms with Crippen LogP contribution in [0.2, 0.25) is 0 Å². The van der Waals surface area contributed by atoms with Gasteiger partial charge in [0.05, 0.1) is 0 Å². The minimum absolute atomic E-state index is 0.125. The maximum Gasteiger partial charge on any atom is 0.325 e. The minimum atomic E-state index is -0.686. The van der Waals surface area contributed by atoms with Gasteiger partial charge in [-0.1, -0.05) is 0 Å². The van der Waals surface area contributed by atoms with E-state index in [9.17, 15) is 9.90 Å². The molecule has 3 N–H and O–H groups in total. The summed E-state index contributed by atoms with van der Waals surface area (Å²) in [4.78, 5) is 11.4. The first-order valence-electron chi connectivity index (χ1n) is 5.47. The van der Waals surface area contributed by atoms with E-state index in [-0.39, 0.29) is 6.04 Å². The molecule has 0 saturated carbocycles. The first-order valence-corrected chi connectivity index (χ1v) is 5.47. The highest BCUT2D eigenvalue weighted by Crippen LogP contribution is 2.28. The molecule has 0 radical (unpaired) electrons. The first-order chi connectivity index (χ1) is 6.76. The van der Waals surface area contributed by atoms with Crippen molar-refractivity contribution in [3.8, 4) is 0 Å². The van der Waals surface area contributed by atoms with Crippen molar-refractivity contribution in [2.45, 2.75) is 43.7 Å². The van der Waals surface area contributed by atoms with Gasteiger partial charge < -0.3 is 15.7 Å². The monoisotopic (exact) mass is 198 g/mol. The third-order valence-electron chi connectivity index (χ3n) is 3.48. The molecule has 4 heteroatoms. The van der Waals surface area contributed by atoms with Crippen molar-refractivity contribution in [1.82, 2.24) is 10.6 Å². The third kappa shape index (κ3) is 1.53. The number of carboxylic acids is 1. The van der Waals surface area contributed by atoms with E-state index in [2.05, 4.69) is 10.6 Å². The second kappa shape index (κ2) is 3.87. The normalized spacial score (nSPS) is 38.4. The van der Waals surface area contributed by atoms with Gasteiger partial charge in [-0.3, -0.25) is 4.79 Å². The standard InChI is InChI=1S/C10H18N2O2/c13-9(14)10(5-1-2-7-12-10)8-4-3-6-11-8/h8,11-12H,1-7H2,(H,13,14). The van der Waals surface area contributed by atoms with Crippen LogP contribution in [0.15, 0.2) is 0 Å². The largest absolute Gasteiger partial charge is 0.480 e. The van der Waals surface area contributed by atoms with E-state index in [1.807, 2.05) is 0 Å². The summed E-state index contributed by atoms with van der Waals surface area (Å²) in [6.45, 7) is 1.80. The molecule has 2 aliphatic rings. The topological polar surface area (TPSA) is 61.4 Å². The van der Waals surface area contributed by atoms with Crippen molar-refractivity contribution in [3.05, 3.63) is 0 Å². The summed E-state index contributed by atoms with van der Waals surface area (Å²) in [6, 6.07) is 0.125. The summed E-state index contributed by atoms with van der Waals surface area (Å²) in [6.07, 6.45) is 4.97. The van der Waals surface area contributed by atoms with E-state index in [1.54, 1.807) is 0 Å². The number of rotatable bonds is 2. The van der Waals surface area contributed by atoms with Gasteiger partial charge in [-0.2, -0.15) is 0 Å². The lowest BCUT2D eigenvalue weighted by Gasteiger charge is -2.39. The number of piperidine rings is 1. The molecule has 14 heavy (non-hydrogen) atoms. The fraction of sp³-hybridized carbons (Fsp3) is 0.900. The van der Waals surface area contributed by atoms with Crippen LogP contribution in [0.1, 0.15) is 32.1 Å². The first kappa shape index (κ1) is 9.93. The van der Waals surface area contributed by atoms with E-state index < -0.39 is 11.5 Å². The van der Waals surface area contributed by atoms with E-state index in [0.717, 1.165) is 45.2 Å². The second-order valence-electron chi connectivity index (χ2n) is 4.31. The highest BCUT2D eigenvalue weighted by molar-refractivity contribution is 5.80. The van der Waals surface area contributed by atoms with Crippen LogP contribution in [0.3, 0.4) is 0 Å². The van der Waals surface area contributed by atoms with Crippen molar-refractivity contribution in [3.63, 3.8) is 0 Å². The van der Waals surface area contributed by atoms with Crippen LogP contribution >= 0.6 is 0 Å². The number of hydrogen-bond donors (Lipinski definition) is 3. The molecular weight excluding hydrogens is 180 g/mol. The average Bonchev–Trinajstić information content (AvgIpc) is 2.72. The third-order valence-corrected chi connectivity index (χ3v) is 3.48. The minimum Gasteiger partial charge on any atom is -0.480 e. The van der Waals surface area contributed by atoms with Crippen molar-refractivity contribution in [2.24, 2.45) is 0 Å². The molecule has 0 spiro atoms. The highest BCUT2D eigenvalue weighted by Gasteiger charge is 2.47. The molecule has 2 fully saturated rings. The lowest BCUT2D eigenvalue weighted by Crippen LogP contribution is -2.64. The summed E-state index contributed by atoms with van der Waals surface area (Å²) < 4.78 is 0. The molecule has 2 rings (SSSR count). The van der Waals surface area contributed by atoms with Crippen LogP contribution in [-0.4, -0.2) is 35.7 Å². The fourth-order valence-corrected chi connectivity index (χ4v) is 2.66. The van der Waals surface area contributed by atoms with Gasteiger partial charge in [0.25, 0.3) is 0 Å². The summed E-state index contributed by atoms with van der Waals surface area (Å²) in [5, 5.41) is 15.9. The second-order valence-corrected chi connectivity index (χ2v) is 4.31. The van der Waals surface area contributed by atoms with Crippen LogP contribution in [0, 0.1) is 0 Å². The Hall–Kier alpha value is -0.610. The van der Waals surface area contributed by atoms with Crippen LogP contribution in [0.25, 0.3) is 0 Å². The molecule has 2 aliphatic heterocycles. The van der Waals surface area contributed by atoms with Crippen molar-refractivity contribution in [2.75, 3.05) is 13.1 Å². The molecule has 4 nitrogen and oxygen atoms in total. The van der Waals surface area contributed by atoms with Crippen molar-refractivity contribution < 1.29 is 9.90 Å². The maximum atomic E-state index is 11.4. The smallest absolute Gasteiger partial charge is 0.325 e. The summed E-state index contributed by atoms with van der Waals surface area (Å²) in [7, 11) is 0. The van der Waals surface area contributed by atoms with Gasteiger partial charge in [-0.05, 0) is 45.2 Å². The fourth-order valence-electron chi connectivity index (χ4n) is 2.66. The molecule has 2 atom stereocenters. The quantitative estimate of drug-likeness (QED) is 0.598. The van der Waals surface area contributed by atoms with Gasteiger partial charge in [0.15, 0.2) is 0 Å². The summed E-state index contributed by atoms with van der Waals surface area (Å²) in [5.74, 6) is -0.684. The number of aliphatic carboxylic acids is 1. The van der Waals surface area contributed by atoms with Gasteiger partial charge in [-0.15, -0.1) is 0 Å². The van der Waals surface area contributed by atoms with Gasteiger partial charge >= 0.3 is 5.97 Å². The number of nitrogens with one attached hydrogen (secondary N) is 2. The van der Waals surface area contributed by atoms with Gasteiger partial charge in [0.1, 0.15) is 5.54 Å². The Bertz CT molecular complexity index is 218. The van der Waals surface area contributed by atoms with Crippen molar-refractivity contribution >= 4 is 5.97 Å². The van der Waals surface area contributed by atoms with Crippen LogP contribution in [0.4, 0.5) is 0 Å². The molecule has 0 aromatic heterocycles. The molecule has 0 aromatic carbocycles. The van der Waals surface area contributed by atoms with E-state index >= 15 is 0 Å². The Morgan fingerprint density at radius 1 is 1.29 bits per heavy atom. The molecule has 2 saturated heterocycles. The molecule has 80 valence electrons. The molecule has 2 unspecified atom stereocenters. The van der Waals surface area contributed by atoms with Gasteiger partial charge in [-0.25, -0.2) is 0 Å². The molecule has 0 bridgehead atoms. The SMILES string of the molecule is O=C(O)C1(C2CCCN2)CCCCN1. The average molecular weight is 198 g/mol. The molecule has 0 aromatic rings.